The number of aromatic hydroxyl groups is 1. The monoisotopic (exact) mass is 589 g/mol. The lowest BCUT2D eigenvalue weighted by Gasteiger charge is -2.40. The van der Waals surface area contributed by atoms with E-state index in [0.29, 0.717) is 47.7 Å². The molecule has 0 saturated carbocycles. The smallest absolute Gasteiger partial charge is 0.354 e. The average molecular weight is 590 g/mol. The number of benzene rings is 2. The first-order chi connectivity index (χ1) is 20.1. The van der Waals surface area contributed by atoms with E-state index in [1.54, 1.807) is 17.2 Å². The molecule has 0 bridgehead atoms. The molecule has 2 aromatic carbocycles. The Morgan fingerprint density at radius 2 is 2.07 bits per heavy atom. The fourth-order valence-corrected chi connectivity index (χ4v) is 6.20. The summed E-state index contributed by atoms with van der Waals surface area (Å²) in [6.07, 6.45) is 2.96. The molecule has 0 aliphatic carbocycles. The highest BCUT2D eigenvalue weighted by atomic mass is 35.5. The van der Waals surface area contributed by atoms with Crippen LogP contribution in [0.15, 0.2) is 54.0 Å². The van der Waals surface area contributed by atoms with Gasteiger partial charge in [0.1, 0.15) is 24.0 Å². The molecule has 2 aliphatic rings. The molecule has 6 rings (SSSR count). The van der Waals surface area contributed by atoms with Crippen molar-refractivity contribution in [1.29, 1.82) is 0 Å². The van der Waals surface area contributed by atoms with E-state index < -0.39 is 11.5 Å². The lowest BCUT2D eigenvalue weighted by atomic mass is 9.99. The van der Waals surface area contributed by atoms with Crippen molar-refractivity contribution in [1.82, 2.24) is 19.4 Å². The molecule has 2 aromatic heterocycles. The van der Waals surface area contributed by atoms with Crippen molar-refractivity contribution in [2.75, 3.05) is 31.1 Å². The number of pyridine rings is 1. The maximum absolute atomic E-state index is 15.3. The van der Waals surface area contributed by atoms with E-state index in [1.165, 1.54) is 28.8 Å². The zero-order chi connectivity index (χ0) is 29.9. The van der Waals surface area contributed by atoms with Crippen molar-refractivity contribution in [3.63, 3.8) is 0 Å². The predicted octanol–water partition coefficient (Wildman–Crippen LogP) is 4.97. The lowest BCUT2D eigenvalue weighted by molar-refractivity contribution is -0.126. The van der Waals surface area contributed by atoms with Crippen LogP contribution in [0, 0.1) is 12.7 Å². The lowest BCUT2D eigenvalue weighted by Crippen LogP contribution is -2.56. The highest BCUT2D eigenvalue weighted by Crippen LogP contribution is 2.48. The fourth-order valence-electron chi connectivity index (χ4n) is 5.90. The molecule has 1 fully saturated rings. The maximum atomic E-state index is 15.3. The van der Waals surface area contributed by atoms with Gasteiger partial charge in [-0.1, -0.05) is 38.1 Å². The van der Waals surface area contributed by atoms with Crippen molar-refractivity contribution in [3.8, 4) is 28.3 Å². The first-order valence-electron chi connectivity index (χ1n) is 13.7. The molecule has 9 nitrogen and oxygen atoms in total. The number of carbonyl (C=O) groups is 1. The number of hydrogen-bond donors (Lipinski definition) is 1. The van der Waals surface area contributed by atoms with Crippen LogP contribution in [0.25, 0.3) is 27.7 Å². The maximum Gasteiger partial charge on any atom is 0.354 e. The molecular weight excluding hydrogens is 561 g/mol. The minimum absolute atomic E-state index is 0.0323. The topological polar surface area (TPSA) is 101 Å². The standard InChI is InChI=1S/C31H29ClFN5O4/c1-5-23(40)36-11-12-37-18(14-36)15-42-29-25-21(13-19(26(29)32)24-20(33)7-6-8-22(24)39)38(31(41)35-30(25)37)28-17(4)9-10-34-27(28)16(2)3/h5-10,13,16,18,39H,1,11-12,14-15H2,2-4H3/t18-/m0/s1. The number of nitrogens with zero attached hydrogens (tertiary/aromatic N) is 5. The zero-order valence-electron chi connectivity index (χ0n) is 23.4. The number of aryl methyl sites for hydroxylation is 1. The van der Waals surface area contributed by atoms with Crippen LogP contribution in [0.5, 0.6) is 11.5 Å². The number of aromatic nitrogens is 3. The van der Waals surface area contributed by atoms with Gasteiger partial charge in [0.05, 0.1) is 38.9 Å². The Balaban J connectivity index is 1.71. The predicted molar refractivity (Wildman–Crippen MR) is 159 cm³/mol. The summed E-state index contributed by atoms with van der Waals surface area (Å²) in [7, 11) is 0. The fraction of sp³-hybridized carbons (Fsp3) is 0.290. The van der Waals surface area contributed by atoms with Gasteiger partial charge in [0.25, 0.3) is 0 Å². The first kappa shape index (κ1) is 27.7. The molecule has 1 atom stereocenters. The zero-order valence-corrected chi connectivity index (χ0v) is 24.2. The van der Waals surface area contributed by atoms with Crippen LogP contribution in [-0.4, -0.2) is 62.7 Å². The van der Waals surface area contributed by atoms with Crippen LogP contribution in [-0.2, 0) is 4.79 Å². The quantitative estimate of drug-likeness (QED) is 0.335. The number of anilines is 1. The number of ether oxygens (including phenoxy) is 1. The minimum atomic E-state index is -0.684. The highest BCUT2D eigenvalue weighted by Gasteiger charge is 2.37. The van der Waals surface area contributed by atoms with Gasteiger partial charge in [0, 0.05) is 31.4 Å². The third-order valence-electron chi connectivity index (χ3n) is 7.90. The molecule has 1 saturated heterocycles. The molecule has 1 amide bonds. The van der Waals surface area contributed by atoms with Gasteiger partial charge in [-0.05, 0) is 48.7 Å². The van der Waals surface area contributed by atoms with Crippen LogP contribution in [0.1, 0.15) is 31.0 Å². The van der Waals surface area contributed by atoms with Gasteiger partial charge in [0.2, 0.25) is 5.91 Å². The second-order valence-corrected chi connectivity index (χ2v) is 11.2. The van der Waals surface area contributed by atoms with Crippen molar-refractivity contribution < 1.29 is 19.0 Å². The van der Waals surface area contributed by atoms with Gasteiger partial charge in [-0.3, -0.25) is 14.3 Å². The Morgan fingerprint density at radius 1 is 1.29 bits per heavy atom. The number of phenols is 1. The third-order valence-corrected chi connectivity index (χ3v) is 8.28. The van der Waals surface area contributed by atoms with E-state index in [2.05, 4.69) is 16.5 Å². The minimum Gasteiger partial charge on any atom is -0.507 e. The number of carbonyl (C=O) groups excluding carboxylic acids is 1. The summed E-state index contributed by atoms with van der Waals surface area (Å²) in [4.78, 5) is 39.3. The molecule has 0 radical (unpaired) electrons. The molecule has 0 unspecified atom stereocenters. The summed E-state index contributed by atoms with van der Waals surface area (Å²) in [5, 5.41) is 11.3. The summed E-state index contributed by atoms with van der Waals surface area (Å²) in [5.74, 6) is -0.642. The number of amides is 1. The van der Waals surface area contributed by atoms with E-state index in [0.717, 1.165) is 5.56 Å². The second-order valence-electron chi connectivity index (χ2n) is 10.8. The Hall–Kier alpha value is -4.44. The van der Waals surface area contributed by atoms with Crippen molar-refractivity contribution in [2.24, 2.45) is 0 Å². The van der Waals surface area contributed by atoms with Crippen LogP contribution in [0.2, 0.25) is 5.02 Å². The molecule has 0 spiro atoms. The number of piperazine rings is 1. The molecule has 1 N–H and O–H groups in total. The third kappa shape index (κ3) is 4.28. The number of fused-ring (bicyclic) bond motifs is 2. The van der Waals surface area contributed by atoms with Crippen LogP contribution in [0.3, 0.4) is 0 Å². The van der Waals surface area contributed by atoms with Gasteiger partial charge in [-0.2, -0.15) is 4.98 Å². The largest absolute Gasteiger partial charge is 0.507 e. The summed E-state index contributed by atoms with van der Waals surface area (Å²) < 4.78 is 23.1. The number of hydrogen-bond acceptors (Lipinski definition) is 7. The van der Waals surface area contributed by atoms with E-state index in [4.69, 9.17) is 16.3 Å². The molecule has 4 aromatic rings. The Bertz CT molecular complexity index is 1820. The first-order valence-corrected chi connectivity index (χ1v) is 14.0. The van der Waals surface area contributed by atoms with Crippen LogP contribution in [0.4, 0.5) is 10.2 Å². The molecule has 216 valence electrons. The van der Waals surface area contributed by atoms with E-state index in [-0.39, 0.29) is 52.1 Å². The van der Waals surface area contributed by atoms with Crippen molar-refractivity contribution in [3.05, 3.63) is 81.8 Å². The average Bonchev–Trinajstić information content (AvgIpc) is 3.12. The summed E-state index contributed by atoms with van der Waals surface area (Å²) in [6.45, 7) is 10.7. The Labute approximate surface area is 246 Å². The van der Waals surface area contributed by atoms with Crippen LogP contribution < -0.4 is 15.3 Å². The van der Waals surface area contributed by atoms with Gasteiger partial charge < -0.3 is 19.6 Å². The SMILES string of the molecule is C=CC(=O)N1CCN2c3nc(=O)n(-c4c(C)ccnc4C(C)C)c4cc(-c5c(O)cccc5F)c(Cl)c(c34)OC[C@@H]2C1. The molecule has 4 heterocycles. The second kappa shape index (κ2) is 10.4. The highest BCUT2D eigenvalue weighted by molar-refractivity contribution is 6.36. The number of phenolic OH excluding ortho intramolecular Hbond substituents is 1. The molecular formula is C31H29ClFN5O4. The summed E-state index contributed by atoms with van der Waals surface area (Å²) >= 11 is 6.97. The van der Waals surface area contributed by atoms with Gasteiger partial charge in [0.15, 0.2) is 5.75 Å². The normalized spacial score (nSPS) is 16.3. The number of rotatable bonds is 4. The molecule has 42 heavy (non-hydrogen) atoms. The van der Waals surface area contributed by atoms with E-state index in [9.17, 15) is 14.7 Å². The summed E-state index contributed by atoms with van der Waals surface area (Å²) in [6, 6.07) is 7.07. The Morgan fingerprint density at radius 3 is 2.79 bits per heavy atom. The summed E-state index contributed by atoms with van der Waals surface area (Å²) in [5.41, 5.74) is 1.92. The van der Waals surface area contributed by atoms with Crippen molar-refractivity contribution in [2.45, 2.75) is 32.7 Å². The Kier molecular flexibility index (Phi) is 6.89. The molecule has 2 aliphatic heterocycles. The van der Waals surface area contributed by atoms with Crippen molar-refractivity contribution >= 4 is 34.2 Å². The van der Waals surface area contributed by atoms with Gasteiger partial charge >= 0.3 is 5.69 Å². The van der Waals surface area contributed by atoms with Gasteiger partial charge in [-0.15, -0.1) is 0 Å². The van der Waals surface area contributed by atoms with Crippen LogP contribution >= 0.6 is 11.6 Å². The number of halogens is 2. The molecule has 11 heteroatoms. The van der Waals surface area contributed by atoms with Gasteiger partial charge in [-0.25, -0.2) is 9.18 Å². The van der Waals surface area contributed by atoms with E-state index >= 15 is 4.39 Å². The van der Waals surface area contributed by atoms with E-state index in [1.807, 2.05) is 31.7 Å².